The highest BCUT2D eigenvalue weighted by Crippen LogP contribution is 2.37. The molecule has 2 N–H and O–H groups in total. The molecule has 152 valence electrons. The topological polar surface area (TPSA) is 104 Å². The first kappa shape index (κ1) is 19.2. The Morgan fingerprint density at radius 2 is 2.21 bits per heavy atom. The molecule has 0 saturated heterocycles. The molecule has 1 aromatic heterocycles. The molecule has 29 heavy (non-hydrogen) atoms. The average Bonchev–Trinajstić information content (AvgIpc) is 3.33. The fraction of sp³-hybridized carbons (Fsp3) is 0.316. The molecule has 9 nitrogen and oxygen atoms in total. The lowest BCUT2D eigenvalue weighted by atomic mass is 9.95. The molecule has 3 heterocycles. The van der Waals surface area contributed by atoms with E-state index in [-0.39, 0.29) is 13.4 Å². The first-order valence-electron chi connectivity index (χ1n) is 9.04. The fourth-order valence-corrected chi connectivity index (χ4v) is 4.05. The Balaban J connectivity index is 1.70. The van der Waals surface area contributed by atoms with Gasteiger partial charge in [-0.15, -0.1) is 0 Å². The Kier molecular flexibility index (Phi) is 5.34. The molecule has 1 atom stereocenters. The number of ether oxygens (including phenoxy) is 3. The van der Waals surface area contributed by atoms with Gasteiger partial charge < -0.3 is 29.4 Å². The van der Waals surface area contributed by atoms with Crippen molar-refractivity contribution >= 4 is 23.8 Å². The maximum absolute atomic E-state index is 12.8. The number of aryl methyl sites for hydroxylation is 1. The summed E-state index contributed by atoms with van der Waals surface area (Å²) in [5.74, 6) is 1.06. The number of esters is 1. The maximum Gasteiger partial charge on any atom is 0.338 e. The number of fused-ring (bicyclic) bond motifs is 1. The average molecular weight is 416 g/mol. The van der Waals surface area contributed by atoms with E-state index in [1.807, 2.05) is 17.8 Å². The van der Waals surface area contributed by atoms with Gasteiger partial charge in [0.15, 0.2) is 16.7 Å². The van der Waals surface area contributed by atoms with Crippen LogP contribution in [-0.2, 0) is 16.6 Å². The summed E-state index contributed by atoms with van der Waals surface area (Å²) in [5, 5.41) is 6.34. The lowest BCUT2D eigenvalue weighted by molar-refractivity contribution is -0.139. The van der Waals surface area contributed by atoms with E-state index in [0.717, 1.165) is 5.16 Å². The highest BCUT2D eigenvalue weighted by molar-refractivity contribution is 7.99. The number of urea groups is 1. The zero-order chi connectivity index (χ0) is 20.4. The summed E-state index contributed by atoms with van der Waals surface area (Å²) in [5.41, 5.74) is 1.54. The second-order valence-electron chi connectivity index (χ2n) is 6.37. The molecular formula is C19H20N4O5S. The predicted octanol–water partition coefficient (Wildman–Crippen LogP) is 2.11. The minimum Gasteiger partial charge on any atom is -0.463 e. The van der Waals surface area contributed by atoms with E-state index < -0.39 is 18.0 Å². The van der Waals surface area contributed by atoms with Gasteiger partial charge in [0, 0.05) is 30.9 Å². The van der Waals surface area contributed by atoms with Crippen LogP contribution in [0, 0.1) is 0 Å². The summed E-state index contributed by atoms with van der Waals surface area (Å²) in [4.78, 5) is 29.4. The highest BCUT2D eigenvalue weighted by Gasteiger charge is 2.34. The number of carbonyl (C=O) groups excluding carboxylic acids is 2. The number of hydrogen-bond acceptors (Lipinski definition) is 7. The smallest absolute Gasteiger partial charge is 0.338 e. The third-order valence-electron chi connectivity index (χ3n) is 4.50. The molecule has 0 saturated carbocycles. The number of imidazole rings is 1. The number of rotatable bonds is 6. The Hall–Kier alpha value is -3.14. The first-order chi connectivity index (χ1) is 14.1. The Labute approximate surface area is 171 Å². The highest BCUT2D eigenvalue weighted by atomic mass is 32.2. The number of hydrogen-bond donors (Lipinski definition) is 2. The molecule has 0 radical (unpaired) electrons. The van der Waals surface area contributed by atoms with Crippen molar-refractivity contribution in [2.75, 3.05) is 19.2 Å². The Bertz CT molecular complexity index is 987. The van der Waals surface area contributed by atoms with Crippen LogP contribution in [0.25, 0.3) is 0 Å². The number of aromatic nitrogens is 2. The zero-order valence-electron chi connectivity index (χ0n) is 15.9. The molecule has 0 bridgehead atoms. The van der Waals surface area contributed by atoms with Crippen molar-refractivity contribution in [3.8, 4) is 11.5 Å². The number of nitrogens with one attached hydrogen (secondary N) is 2. The second kappa shape index (κ2) is 8.08. The Morgan fingerprint density at radius 1 is 1.38 bits per heavy atom. The molecular weight excluding hydrogens is 396 g/mol. The lowest BCUT2D eigenvalue weighted by Crippen LogP contribution is -2.46. The standard InChI is InChI=1S/C19H20N4O5S/c1-3-26-17(24)15-12(9-29-19-20-6-7-23(19)2)21-18(25)22-16(15)11-4-5-13-14(8-11)28-10-27-13/h4-8,16H,3,9-10H2,1-2H3,(H2,21,22,25)/t16-/m0/s1. The largest absolute Gasteiger partial charge is 0.463 e. The van der Waals surface area contributed by atoms with Crippen LogP contribution < -0.4 is 20.1 Å². The van der Waals surface area contributed by atoms with E-state index in [4.69, 9.17) is 14.2 Å². The van der Waals surface area contributed by atoms with E-state index in [1.54, 1.807) is 31.3 Å². The van der Waals surface area contributed by atoms with E-state index in [2.05, 4.69) is 15.6 Å². The summed E-state index contributed by atoms with van der Waals surface area (Å²) in [6, 6.07) is 4.26. The number of carbonyl (C=O) groups is 2. The minimum absolute atomic E-state index is 0.142. The van der Waals surface area contributed by atoms with Gasteiger partial charge in [-0.05, 0) is 24.6 Å². The van der Waals surface area contributed by atoms with Crippen molar-refractivity contribution in [1.82, 2.24) is 20.2 Å². The minimum atomic E-state index is -0.672. The number of benzene rings is 1. The normalized spacial score (nSPS) is 17.7. The maximum atomic E-state index is 12.8. The van der Waals surface area contributed by atoms with Gasteiger partial charge in [-0.1, -0.05) is 17.8 Å². The van der Waals surface area contributed by atoms with Crippen LogP contribution in [0.1, 0.15) is 18.5 Å². The summed E-state index contributed by atoms with van der Waals surface area (Å²) in [7, 11) is 1.88. The van der Waals surface area contributed by atoms with Gasteiger partial charge in [-0.25, -0.2) is 14.6 Å². The SMILES string of the molecule is CCOC(=O)C1=C(CSc2nccn2C)NC(=O)N[C@H]1c1ccc2c(c1)OCO2. The van der Waals surface area contributed by atoms with Gasteiger partial charge in [0.05, 0.1) is 18.2 Å². The number of amides is 2. The van der Waals surface area contributed by atoms with E-state index in [1.165, 1.54) is 11.8 Å². The summed E-state index contributed by atoms with van der Waals surface area (Å²) in [6.45, 7) is 2.11. The van der Waals surface area contributed by atoms with E-state index in [9.17, 15) is 9.59 Å². The monoisotopic (exact) mass is 416 g/mol. The molecule has 2 aliphatic heterocycles. The van der Waals surface area contributed by atoms with Crippen molar-refractivity contribution in [2.45, 2.75) is 18.1 Å². The second-order valence-corrected chi connectivity index (χ2v) is 7.31. The molecule has 1 aromatic carbocycles. The summed E-state index contributed by atoms with van der Waals surface area (Å²) in [6.07, 6.45) is 3.53. The molecule has 0 aliphatic carbocycles. The fourth-order valence-electron chi connectivity index (χ4n) is 3.15. The molecule has 0 fully saturated rings. The first-order valence-corrected chi connectivity index (χ1v) is 10.0. The third-order valence-corrected chi connectivity index (χ3v) is 5.59. The van der Waals surface area contributed by atoms with Crippen LogP contribution >= 0.6 is 11.8 Å². The van der Waals surface area contributed by atoms with Crippen LogP contribution in [0.4, 0.5) is 4.79 Å². The van der Waals surface area contributed by atoms with Gasteiger partial charge in [-0.3, -0.25) is 0 Å². The quantitative estimate of drug-likeness (QED) is 0.549. The van der Waals surface area contributed by atoms with E-state index in [0.29, 0.717) is 34.1 Å². The molecule has 2 amide bonds. The molecule has 2 aliphatic rings. The number of nitrogens with zero attached hydrogens (tertiary/aromatic N) is 2. The zero-order valence-corrected chi connectivity index (χ0v) is 16.7. The lowest BCUT2D eigenvalue weighted by Gasteiger charge is -2.29. The molecule has 0 unspecified atom stereocenters. The van der Waals surface area contributed by atoms with Crippen LogP contribution in [-0.4, -0.2) is 40.7 Å². The van der Waals surface area contributed by atoms with Crippen LogP contribution in [0.15, 0.2) is 47.0 Å². The predicted molar refractivity (Wildman–Crippen MR) is 105 cm³/mol. The van der Waals surface area contributed by atoms with Crippen molar-refractivity contribution in [2.24, 2.45) is 7.05 Å². The molecule has 0 spiro atoms. The molecule has 2 aromatic rings. The van der Waals surface area contributed by atoms with Crippen molar-refractivity contribution < 1.29 is 23.8 Å². The van der Waals surface area contributed by atoms with Gasteiger partial charge >= 0.3 is 12.0 Å². The van der Waals surface area contributed by atoms with Crippen molar-refractivity contribution in [3.63, 3.8) is 0 Å². The van der Waals surface area contributed by atoms with Crippen LogP contribution in [0.3, 0.4) is 0 Å². The Morgan fingerprint density at radius 3 is 2.97 bits per heavy atom. The van der Waals surface area contributed by atoms with Gasteiger partial charge in [0.2, 0.25) is 6.79 Å². The van der Waals surface area contributed by atoms with Crippen LogP contribution in [0.5, 0.6) is 11.5 Å². The van der Waals surface area contributed by atoms with Crippen molar-refractivity contribution in [1.29, 1.82) is 0 Å². The molecule has 10 heteroatoms. The van der Waals surface area contributed by atoms with Gasteiger partial charge in [0.25, 0.3) is 0 Å². The van der Waals surface area contributed by atoms with E-state index >= 15 is 0 Å². The third kappa shape index (κ3) is 3.88. The summed E-state index contributed by atoms with van der Waals surface area (Å²) >= 11 is 1.42. The van der Waals surface area contributed by atoms with Gasteiger partial charge in [-0.2, -0.15) is 0 Å². The summed E-state index contributed by atoms with van der Waals surface area (Å²) < 4.78 is 17.9. The van der Waals surface area contributed by atoms with Crippen LogP contribution in [0.2, 0.25) is 0 Å². The molecule has 4 rings (SSSR count). The number of thioether (sulfide) groups is 1. The van der Waals surface area contributed by atoms with Crippen molar-refractivity contribution in [3.05, 3.63) is 47.4 Å². The van der Waals surface area contributed by atoms with Gasteiger partial charge in [0.1, 0.15) is 0 Å².